The highest BCUT2D eigenvalue weighted by molar-refractivity contribution is 7.86. The fourth-order valence-electron chi connectivity index (χ4n) is 1.05. The van der Waals surface area contributed by atoms with E-state index in [2.05, 4.69) is 0 Å². The van der Waals surface area contributed by atoms with Gasteiger partial charge >= 0.3 is 0 Å². The van der Waals surface area contributed by atoms with Gasteiger partial charge in [0.05, 0.1) is 16.9 Å². The Labute approximate surface area is 102 Å². The zero-order valence-electron chi connectivity index (χ0n) is 9.31. The van der Waals surface area contributed by atoms with Crippen molar-refractivity contribution in [2.75, 3.05) is 6.61 Å². The van der Waals surface area contributed by atoms with E-state index >= 15 is 0 Å². The maximum atomic E-state index is 11.7. The Morgan fingerprint density at radius 1 is 1.31 bits per heavy atom. The van der Waals surface area contributed by atoms with Crippen LogP contribution in [0.4, 0.5) is 0 Å². The van der Waals surface area contributed by atoms with E-state index in [-0.39, 0.29) is 16.9 Å². The highest BCUT2D eigenvalue weighted by Gasteiger charge is 2.16. The number of hydrogen-bond donors (Lipinski definition) is 0. The first-order valence-corrected chi connectivity index (χ1v) is 6.90. The van der Waals surface area contributed by atoms with Crippen LogP contribution in [0.25, 0.3) is 0 Å². The van der Waals surface area contributed by atoms with Gasteiger partial charge in [0, 0.05) is 0 Å². The SMILES string of the molecule is CCC(Cl)COS(=O)(=O)c1ccc(C)cc1. The normalized spacial score (nSPS) is 13.7. The molecule has 1 atom stereocenters. The molecule has 0 amide bonds. The minimum absolute atomic E-state index is 0.00820. The molecule has 0 aromatic heterocycles. The third-order valence-electron chi connectivity index (χ3n) is 2.16. The van der Waals surface area contributed by atoms with E-state index in [0.29, 0.717) is 6.42 Å². The predicted octanol–water partition coefficient (Wildman–Crippen LogP) is 2.72. The Balaban J connectivity index is 2.74. The van der Waals surface area contributed by atoms with Gasteiger partial charge in [0.25, 0.3) is 10.1 Å². The second-order valence-corrected chi connectivity index (χ2v) is 5.79. The van der Waals surface area contributed by atoms with Crippen molar-refractivity contribution in [3.63, 3.8) is 0 Å². The van der Waals surface area contributed by atoms with Crippen molar-refractivity contribution < 1.29 is 12.6 Å². The van der Waals surface area contributed by atoms with E-state index in [1.807, 2.05) is 13.8 Å². The first-order valence-electron chi connectivity index (χ1n) is 5.06. The number of hydrogen-bond acceptors (Lipinski definition) is 3. The fraction of sp³-hybridized carbons (Fsp3) is 0.455. The summed E-state index contributed by atoms with van der Waals surface area (Å²) in [4.78, 5) is 0.165. The van der Waals surface area contributed by atoms with Gasteiger partial charge in [0.2, 0.25) is 0 Å². The summed E-state index contributed by atoms with van der Waals surface area (Å²) >= 11 is 5.79. The zero-order chi connectivity index (χ0) is 12.2. The molecule has 3 nitrogen and oxygen atoms in total. The van der Waals surface area contributed by atoms with Crippen molar-refractivity contribution in [1.82, 2.24) is 0 Å². The molecule has 0 aliphatic carbocycles. The summed E-state index contributed by atoms with van der Waals surface area (Å²) in [6.07, 6.45) is 0.672. The summed E-state index contributed by atoms with van der Waals surface area (Å²) in [5.41, 5.74) is 1.00. The standard InChI is InChI=1S/C11H15ClO3S/c1-3-10(12)8-15-16(13,14)11-6-4-9(2)5-7-11/h4-7,10H,3,8H2,1-2H3. The van der Waals surface area contributed by atoms with Crippen LogP contribution in [0, 0.1) is 6.92 Å². The van der Waals surface area contributed by atoms with Gasteiger partial charge in [0.1, 0.15) is 0 Å². The molecule has 0 saturated carbocycles. The molecule has 0 fully saturated rings. The molecule has 16 heavy (non-hydrogen) atoms. The number of halogens is 1. The van der Waals surface area contributed by atoms with E-state index in [1.54, 1.807) is 12.1 Å². The van der Waals surface area contributed by atoms with Crippen LogP contribution in [0.1, 0.15) is 18.9 Å². The van der Waals surface area contributed by atoms with Crippen molar-refractivity contribution in [2.24, 2.45) is 0 Å². The average molecular weight is 263 g/mol. The molecule has 1 aromatic carbocycles. The first kappa shape index (κ1) is 13.5. The molecule has 0 aliphatic rings. The van der Waals surface area contributed by atoms with Crippen molar-refractivity contribution in [1.29, 1.82) is 0 Å². The molecule has 1 aromatic rings. The Morgan fingerprint density at radius 3 is 2.38 bits per heavy atom. The molecule has 0 saturated heterocycles. The van der Waals surface area contributed by atoms with Crippen LogP contribution in [0.5, 0.6) is 0 Å². The largest absolute Gasteiger partial charge is 0.297 e. The molecule has 0 N–H and O–H groups in total. The number of rotatable bonds is 5. The monoisotopic (exact) mass is 262 g/mol. The summed E-state index contributed by atoms with van der Waals surface area (Å²) in [6, 6.07) is 6.52. The minimum Gasteiger partial charge on any atom is -0.265 e. The second-order valence-electron chi connectivity index (χ2n) is 3.56. The van der Waals surface area contributed by atoms with Crippen molar-refractivity contribution >= 4 is 21.7 Å². The molecular formula is C11H15ClO3S. The van der Waals surface area contributed by atoms with Gasteiger partial charge in [-0.15, -0.1) is 11.6 Å². The van der Waals surface area contributed by atoms with Crippen LogP contribution < -0.4 is 0 Å². The van der Waals surface area contributed by atoms with Gasteiger partial charge < -0.3 is 0 Å². The molecule has 1 unspecified atom stereocenters. The maximum absolute atomic E-state index is 11.7. The Kier molecular flexibility index (Phi) is 4.77. The molecule has 1 rings (SSSR count). The molecule has 0 spiro atoms. The lowest BCUT2D eigenvalue weighted by Crippen LogP contribution is -2.14. The lowest BCUT2D eigenvalue weighted by molar-refractivity contribution is 0.314. The third kappa shape index (κ3) is 3.77. The molecule has 0 heterocycles. The zero-order valence-corrected chi connectivity index (χ0v) is 10.9. The van der Waals surface area contributed by atoms with Crippen LogP contribution in [-0.2, 0) is 14.3 Å². The third-order valence-corrected chi connectivity index (χ3v) is 3.89. The summed E-state index contributed by atoms with van der Waals surface area (Å²) in [5.74, 6) is 0. The number of aryl methyl sites for hydroxylation is 1. The summed E-state index contributed by atoms with van der Waals surface area (Å²) in [5, 5.41) is -0.278. The van der Waals surface area contributed by atoms with E-state index in [9.17, 15) is 8.42 Å². The Morgan fingerprint density at radius 2 is 1.88 bits per heavy atom. The van der Waals surface area contributed by atoms with Crippen molar-refractivity contribution in [3.8, 4) is 0 Å². The van der Waals surface area contributed by atoms with Gasteiger partial charge in [-0.3, -0.25) is 4.18 Å². The van der Waals surface area contributed by atoms with Crippen LogP contribution in [-0.4, -0.2) is 20.4 Å². The molecule has 0 aliphatic heterocycles. The summed E-state index contributed by atoms with van der Waals surface area (Å²) in [6.45, 7) is 3.77. The molecule has 90 valence electrons. The Hall–Kier alpha value is -0.580. The van der Waals surface area contributed by atoms with Gasteiger partial charge in [-0.1, -0.05) is 24.6 Å². The van der Waals surface area contributed by atoms with E-state index < -0.39 is 10.1 Å². The predicted molar refractivity (Wildman–Crippen MR) is 64.2 cm³/mol. The van der Waals surface area contributed by atoms with Gasteiger partial charge in [-0.05, 0) is 25.5 Å². The van der Waals surface area contributed by atoms with Gasteiger partial charge in [-0.25, -0.2) is 0 Å². The quantitative estimate of drug-likeness (QED) is 0.605. The van der Waals surface area contributed by atoms with Gasteiger partial charge in [0.15, 0.2) is 0 Å². The highest BCUT2D eigenvalue weighted by atomic mass is 35.5. The van der Waals surface area contributed by atoms with Crippen LogP contribution in [0.3, 0.4) is 0 Å². The van der Waals surface area contributed by atoms with E-state index in [1.165, 1.54) is 12.1 Å². The first-order chi connectivity index (χ1) is 7.45. The van der Waals surface area contributed by atoms with Gasteiger partial charge in [-0.2, -0.15) is 8.42 Å². The van der Waals surface area contributed by atoms with Crippen LogP contribution in [0.2, 0.25) is 0 Å². The van der Waals surface area contributed by atoms with Crippen molar-refractivity contribution in [3.05, 3.63) is 29.8 Å². The molecule has 0 bridgehead atoms. The van der Waals surface area contributed by atoms with Crippen LogP contribution >= 0.6 is 11.6 Å². The highest BCUT2D eigenvalue weighted by Crippen LogP contribution is 2.14. The van der Waals surface area contributed by atoms with Crippen molar-refractivity contribution in [2.45, 2.75) is 30.5 Å². The smallest absolute Gasteiger partial charge is 0.265 e. The average Bonchev–Trinajstić information content (AvgIpc) is 2.26. The molecule has 5 heteroatoms. The fourth-order valence-corrected chi connectivity index (χ4v) is 2.14. The second kappa shape index (κ2) is 5.66. The number of benzene rings is 1. The summed E-state index contributed by atoms with van der Waals surface area (Å²) in [7, 11) is -3.67. The molecular weight excluding hydrogens is 248 g/mol. The molecule has 0 radical (unpaired) electrons. The number of alkyl halides is 1. The van der Waals surface area contributed by atoms with E-state index in [4.69, 9.17) is 15.8 Å². The topological polar surface area (TPSA) is 43.4 Å². The van der Waals surface area contributed by atoms with E-state index in [0.717, 1.165) is 5.56 Å². The Bertz CT molecular complexity index is 425. The lowest BCUT2D eigenvalue weighted by Gasteiger charge is -2.08. The summed E-state index contributed by atoms with van der Waals surface area (Å²) < 4.78 is 28.2. The maximum Gasteiger partial charge on any atom is 0.297 e. The van der Waals surface area contributed by atoms with Crippen LogP contribution in [0.15, 0.2) is 29.2 Å². The lowest BCUT2D eigenvalue weighted by atomic mass is 10.2. The minimum atomic E-state index is -3.67.